The summed E-state index contributed by atoms with van der Waals surface area (Å²) in [5.74, 6) is 1.66. The number of piperidine rings is 1. The Bertz CT molecular complexity index is 895. The zero-order valence-corrected chi connectivity index (χ0v) is 17.6. The largest absolute Gasteiger partial charge is 0.497 e. The molecule has 0 N–H and O–H groups in total. The fourth-order valence-electron chi connectivity index (χ4n) is 3.64. The molecule has 0 saturated carbocycles. The van der Waals surface area contributed by atoms with E-state index in [1.807, 2.05) is 39.9 Å². The number of amides is 1. The van der Waals surface area contributed by atoms with E-state index in [0.717, 1.165) is 48.0 Å². The Balaban J connectivity index is 1.27. The molecule has 28 heavy (non-hydrogen) atoms. The number of nitrogens with zero attached hydrogens (tertiary/aromatic N) is 2. The van der Waals surface area contributed by atoms with E-state index in [4.69, 9.17) is 4.74 Å². The van der Waals surface area contributed by atoms with Crippen LogP contribution in [0.4, 0.5) is 0 Å². The first kappa shape index (κ1) is 19.2. The van der Waals surface area contributed by atoms with Crippen LogP contribution in [0.25, 0.3) is 9.88 Å². The smallest absolute Gasteiger partial charge is 0.273 e. The van der Waals surface area contributed by atoms with E-state index in [1.54, 1.807) is 29.8 Å². The molecular formula is C22H24N2O2S2. The van der Waals surface area contributed by atoms with Crippen LogP contribution in [0.5, 0.6) is 5.75 Å². The van der Waals surface area contributed by atoms with E-state index >= 15 is 0 Å². The Labute approximate surface area is 173 Å². The van der Waals surface area contributed by atoms with Gasteiger partial charge in [-0.15, -0.1) is 22.7 Å². The molecule has 4 nitrogen and oxygen atoms in total. The van der Waals surface area contributed by atoms with Gasteiger partial charge in [0.15, 0.2) is 0 Å². The molecule has 0 bridgehead atoms. The molecule has 146 valence electrons. The van der Waals surface area contributed by atoms with E-state index in [2.05, 4.69) is 17.1 Å². The Morgan fingerprint density at radius 1 is 1.18 bits per heavy atom. The summed E-state index contributed by atoms with van der Waals surface area (Å²) in [7, 11) is 1.69. The molecule has 1 fully saturated rings. The third-order valence-electron chi connectivity index (χ3n) is 5.36. The van der Waals surface area contributed by atoms with Crippen molar-refractivity contribution in [2.75, 3.05) is 20.2 Å². The quantitative estimate of drug-likeness (QED) is 0.547. The molecule has 3 heterocycles. The van der Waals surface area contributed by atoms with E-state index in [0.29, 0.717) is 11.6 Å². The third kappa shape index (κ3) is 4.45. The summed E-state index contributed by atoms with van der Waals surface area (Å²) in [4.78, 5) is 20.5. The van der Waals surface area contributed by atoms with Crippen LogP contribution in [0.3, 0.4) is 0 Å². The fraction of sp³-hybridized carbons (Fsp3) is 0.364. The van der Waals surface area contributed by atoms with Crippen LogP contribution in [-0.4, -0.2) is 36.0 Å². The van der Waals surface area contributed by atoms with E-state index in [9.17, 15) is 4.79 Å². The molecule has 0 aliphatic carbocycles. The minimum absolute atomic E-state index is 0.0765. The number of aryl methyl sites for hydroxylation is 1. The highest BCUT2D eigenvalue weighted by molar-refractivity contribution is 7.20. The lowest BCUT2D eigenvalue weighted by Crippen LogP contribution is -2.38. The first-order valence-corrected chi connectivity index (χ1v) is 11.4. The van der Waals surface area contributed by atoms with Crippen LogP contribution in [-0.2, 0) is 6.42 Å². The van der Waals surface area contributed by atoms with Crippen molar-refractivity contribution >= 4 is 28.6 Å². The number of hydrogen-bond acceptors (Lipinski definition) is 5. The van der Waals surface area contributed by atoms with Crippen LogP contribution >= 0.6 is 22.7 Å². The van der Waals surface area contributed by atoms with Gasteiger partial charge in [0.1, 0.15) is 16.5 Å². The molecule has 0 unspecified atom stereocenters. The van der Waals surface area contributed by atoms with Crippen LogP contribution in [0.1, 0.15) is 35.3 Å². The second-order valence-electron chi connectivity index (χ2n) is 7.14. The number of rotatable bonds is 6. The van der Waals surface area contributed by atoms with E-state index < -0.39 is 0 Å². The summed E-state index contributed by atoms with van der Waals surface area (Å²) in [5.41, 5.74) is 1.94. The number of methoxy groups -OCH3 is 1. The van der Waals surface area contributed by atoms with Crippen molar-refractivity contribution in [1.29, 1.82) is 0 Å². The number of aromatic nitrogens is 1. The molecule has 1 aromatic carbocycles. The molecule has 2 aromatic heterocycles. The number of likely N-dealkylation sites (tertiary alicyclic amines) is 1. The number of carbonyl (C=O) groups excluding carboxylic acids is 1. The summed E-state index contributed by atoms with van der Waals surface area (Å²) < 4.78 is 5.22. The Morgan fingerprint density at radius 2 is 1.96 bits per heavy atom. The molecule has 0 spiro atoms. The van der Waals surface area contributed by atoms with Gasteiger partial charge in [-0.05, 0) is 60.7 Å². The van der Waals surface area contributed by atoms with Gasteiger partial charge in [0, 0.05) is 18.5 Å². The van der Waals surface area contributed by atoms with Crippen LogP contribution in [0, 0.1) is 5.92 Å². The van der Waals surface area contributed by atoms with Gasteiger partial charge < -0.3 is 9.64 Å². The molecule has 0 radical (unpaired) electrons. The molecule has 1 amide bonds. The van der Waals surface area contributed by atoms with Gasteiger partial charge in [-0.25, -0.2) is 4.98 Å². The van der Waals surface area contributed by atoms with Crippen LogP contribution in [0.15, 0.2) is 47.2 Å². The highest BCUT2D eigenvalue weighted by atomic mass is 32.1. The SMILES string of the molecule is COc1ccc(CCC2CCN(C(=O)c3csc(-c4cccs4)n3)CC2)cc1. The lowest BCUT2D eigenvalue weighted by molar-refractivity contribution is 0.0682. The maximum atomic E-state index is 12.8. The van der Waals surface area contributed by atoms with Crippen molar-refractivity contribution in [1.82, 2.24) is 9.88 Å². The van der Waals surface area contributed by atoms with Gasteiger partial charge in [0.05, 0.1) is 12.0 Å². The van der Waals surface area contributed by atoms with Gasteiger partial charge >= 0.3 is 0 Å². The highest BCUT2D eigenvalue weighted by Gasteiger charge is 2.25. The standard InChI is InChI=1S/C22H24N2O2S2/c1-26-18-8-6-16(7-9-18)4-5-17-10-12-24(13-11-17)22(25)19-15-28-21(23-19)20-3-2-14-27-20/h2-3,6-9,14-15,17H,4-5,10-13H2,1H3. The molecule has 1 aliphatic heterocycles. The van der Waals surface area contributed by atoms with E-state index in [1.165, 1.54) is 12.0 Å². The minimum atomic E-state index is 0.0765. The number of ether oxygens (including phenoxy) is 1. The molecule has 3 aromatic rings. The number of thiazole rings is 1. The Morgan fingerprint density at radius 3 is 2.64 bits per heavy atom. The average Bonchev–Trinajstić information content (AvgIpc) is 3.44. The molecule has 4 rings (SSSR count). The molecule has 6 heteroatoms. The van der Waals surface area contributed by atoms with Crippen LogP contribution < -0.4 is 4.74 Å². The first-order valence-electron chi connectivity index (χ1n) is 9.64. The second kappa shape index (κ2) is 8.88. The van der Waals surface area contributed by atoms with Gasteiger partial charge in [-0.2, -0.15) is 0 Å². The van der Waals surface area contributed by atoms with Crippen LogP contribution in [0.2, 0.25) is 0 Å². The first-order chi connectivity index (χ1) is 13.7. The maximum Gasteiger partial charge on any atom is 0.273 e. The zero-order valence-electron chi connectivity index (χ0n) is 16.0. The second-order valence-corrected chi connectivity index (χ2v) is 8.94. The third-order valence-corrected chi connectivity index (χ3v) is 7.24. The predicted octanol–water partition coefficient (Wildman–Crippen LogP) is 5.37. The van der Waals surface area contributed by atoms with Crippen molar-refractivity contribution in [3.8, 4) is 15.6 Å². The van der Waals surface area contributed by atoms with Crippen molar-refractivity contribution in [2.24, 2.45) is 5.92 Å². The fourth-order valence-corrected chi connectivity index (χ4v) is 5.24. The topological polar surface area (TPSA) is 42.4 Å². The lowest BCUT2D eigenvalue weighted by Gasteiger charge is -2.31. The van der Waals surface area contributed by atoms with Gasteiger partial charge in [0.2, 0.25) is 0 Å². The van der Waals surface area contributed by atoms with Gasteiger partial charge in [-0.3, -0.25) is 4.79 Å². The van der Waals surface area contributed by atoms with Crippen molar-refractivity contribution < 1.29 is 9.53 Å². The van der Waals surface area contributed by atoms with E-state index in [-0.39, 0.29) is 5.91 Å². The summed E-state index contributed by atoms with van der Waals surface area (Å²) in [6.45, 7) is 1.66. The van der Waals surface area contributed by atoms with Crippen molar-refractivity contribution in [2.45, 2.75) is 25.7 Å². The lowest BCUT2D eigenvalue weighted by atomic mass is 9.90. The van der Waals surface area contributed by atoms with Crippen molar-refractivity contribution in [3.05, 3.63) is 58.4 Å². The molecular weight excluding hydrogens is 388 g/mol. The van der Waals surface area contributed by atoms with Crippen molar-refractivity contribution in [3.63, 3.8) is 0 Å². The average molecular weight is 413 g/mol. The number of hydrogen-bond donors (Lipinski definition) is 0. The summed E-state index contributed by atoms with van der Waals surface area (Å²) in [6, 6.07) is 12.4. The molecule has 1 aliphatic rings. The van der Waals surface area contributed by atoms with Gasteiger partial charge in [0.25, 0.3) is 5.91 Å². The van der Waals surface area contributed by atoms with Gasteiger partial charge in [-0.1, -0.05) is 18.2 Å². The maximum absolute atomic E-state index is 12.8. The molecule has 1 saturated heterocycles. The minimum Gasteiger partial charge on any atom is -0.497 e. The Kier molecular flexibility index (Phi) is 6.07. The normalized spacial score (nSPS) is 15.0. The number of carbonyl (C=O) groups is 1. The highest BCUT2D eigenvalue weighted by Crippen LogP contribution is 2.29. The monoisotopic (exact) mass is 412 g/mol. The summed E-state index contributed by atoms with van der Waals surface area (Å²) in [6.07, 6.45) is 4.40. The Hall–Kier alpha value is -2.18. The zero-order chi connectivity index (χ0) is 19.3. The number of benzene rings is 1. The predicted molar refractivity (Wildman–Crippen MR) is 115 cm³/mol. The summed E-state index contributed by atoms with van der Waals surface area (Å²) >= 11 is 3.21. The molecule has 0 atom stereocenters. The summed E-state index contributed by atoms with van der Waals surface area (Å²) in [5, 5.41) is 4.87. The number of thiophene rings is 1.